The summed E-state index contributed by atoms with van der Waals surface area (Å²) in [5, 5.41) is 13.5. The van der Waals surface area contributed by atoms with Gasteiger partial charge in [0.1, 0.15) is 0 Å². The number of hydrogen-bond acceptors (Lipinski definition) is 3. The standard InChI is InChI=1S/C11H8ClF3N2O2/c12-8-3-1-7(2-4-8)9-5-10(19,11(13,14)15)17(6-18)16-9/h1-4,6,19H,5H2. The van der Waals surface area contributed by atoms with Crippen molar-refractivity contribution in [3.63, 3.8) is 0 Å². The number of carbonyl (C=O) groups is 1. The summed E-state index contributed by atoms with van der Waals surface area (Å²) in [6, 6.07) is 5.89. The van der Waals surface area contributed by atoms with Crippen molar-refractivity contribution in [3.8, 4) is 0 Å². The van der Waals surface area contributed by atoms with E-state index in [1.54, 1.807) is 0 Å². The van der Waals surface area contributed by atoms with Crippen LogP contribution in [0.15, 0.2) is 29.4 Å². The number of hydrazone groups is 1. The van der Waals surface area contributed by atoms with Gasteiger partial charge in [0.25, 0.3) is 5.72 Å². The van der Waals surface area contributed by atoms with Gasteiger partial charge in [0, 0.05) is 5.02 Å². The second-order valence-corrected chi connectivity index (χ2v) is 4.43. The van der Waals surface area contributed by atoms with E-state index in [-0.39, 0.29) is 17.1 Å². The quantitative estimate of drug-likeness (QED) is 0.849. The Labute approximate surface area is 111 Å². The molecule has 102 valence electrons. The third-order valence-electron chi connectivity index (χ3n) is 2.75. The Hall–Kier alpha value is -1.60. The summed E-state index contributed by atoms with van der Waals surface area (Å²) < 4.78 is 38.4. The first-order valence-corrected chi connectivity index (χ1v) is 5.53. The van der Waals surface area contributed by atoms with Crippen LogP contribution >= 0.6 is 11.6 Å². The van der Waals surface area contributed by atoms with Crippen LogP contribution in [0.5, 0.6) is 0 Å². The van der Waals surface area contributed by atoms with Crippen LogP contribution in [0.4, 0.5) is 13.2 Å². The second-order valence-electron chi connectivity index (χ2n) is 3.99. The number of hydrogen-bond donors (Lipinski definition) is 1. The number of rotatable bonds is 2. The molecule has 1 aliphatic heterocycles. The van der Waals surface area contributed by atoms with Gasteiger partial charge >= 0.3 is 6.18 Å². The molecule has 1 atom stereocenters. The molecule has 19 heavy (non-hydrogen) atoms. The largest absolute Gasteiger partial charge is 0.438 e. The monoisotopic (exact) mass is 292 g/mol. The second kappa shape index (κ2) is 4.50. The molecule has 1 amide bonds. The van der Waals surface area contributed by atoms with E-state index >= 15 is 0 Å². The van der Waals surface area contributed by atoms with Crippen molar-refractivity contribution in [1.82, 2.24) is 5.01 Å². The smallest absolute Gasteiger partial charge is 0.362 e. The number of alkyl halides is 3. The molecule has 0 spiro atoms. The molecule has 1 unspecified atom stereocenters. The summed E-state index contributed by atoms with van der Waals surface area (Å²) >= 11 is 5.67. The van der Waals surface area contributed by atoms with Gasteiger partial charge in [-0.2, -0.15) is 23.3 Å². The number of amides is 1. The van der Waals surface area contributed by atoms with Gasteiger partial charge in [-0.05, 0) is 17.7 Å². The molecule has 0 saturated heterocycles. The van der Waals surface area contributed by atoms with Crippen molar-refractivity contribution in [2.75, 3.05) is 0 Å². The summed E-state index contributed by atoms with van der Waals surface area (Å²) in [5.74, 6) is 0. The van der Waals surface area contributed by atoms with Crippen molar-refractivity contribution >= 4 is 23.7 Å². The first-order chi connectivity index (χ1) is 8.78. The fourth-order valence-corrected chi connectivity index (χ4v) is 1.83. The van der Waals surface area contributed by atoms with E-state index in [1.165, 1.54) is 24.3 Å². The van der Waals surface area contributed by atoms with Crippen LogP contribution in [0.25, 0.3) is 0 Å². The first-order valence-electron chi connectivity index (χ1n) is 5.15. The molecule has 0 aliphatic carbocycles. The topological polar surface area (TPSA) is 52.9 Å². The van der Waals surface area contributed by atoms with Gasteiger partial charge in [0.2, 0.25) is 6.41 Å². The maximum absolute atomic E-state index is 12.8. The van der Waals surface area contributed by atoms with Crippen molar-refractivity contribution in [2.45, 2.75) is 18.3 Å². The van der Waals surface area contributed by atoms with Crippen molar-refractivity contribution in [1.29, 1.82) is 0 Å². The Balaban J connectivity index is 2.36. The van der Waals surface area contributed by atoms with Gasteiger partial charge in [-0.3, -0.25) is 4.79 Å². The molecule has 4 nitrogen and oxygen atoms in total. The number of halogens is 4. The zero-order valence-electron chi connectivity index (χ0n) is 9.36. The van der Waals surface area contributed by atoms with Gasteiger partial charge in [-0.15, -0.1) is 0 Å². The van der Waals surface area contributed by atoms with Gasteiger partial charge in [0.05, 0.1) is 12.1 Å². The molecule has 1 aliphatic rings. The average Bonchev–Trinajstić information content (AvgIpc) is 2.68. The summed E-state index contributed by atoms with van der Waals surface area (Å²) in [5.41, 5.74) is -2.98. The maximum atomic E-state index is 12.8. The number of aliphatic hydroxyl groups is 1. The van der Waals surface area contributed by atoms with Gasteiger partial charge in [-0.25, -0.2) is 0 Å². The highest BCUT2D eigenvalue weighted by atomic mass is 35.5. The van der Waals surface area contributed by atoms with Crippen LogP contribution in [-0.4, -0.2) is 34.1 Å². The van der Waals surface area contributed by atoms with E-state index in [1.807, 2.05) is 0 Å². The molecule has 1 aromatic carbocycles. The van der Waals surface area contributed by atoms with Gasteiger partial charge < -0.3 is 5.11 Å². The summed E-state index contributed by atoms with van der Waals surface area (Å²) in [4.78, 5) is 10.6. The lowest BCUT2D eigenvalue weighted by atomic mass is 10.0. The molecule has 1 aromatic rings. The number of carbonyl (C=O) groups excluding carboxylic acids is 1. The molecule has 1 N–H and O–H groups in total. The highest BCUT2D eigenvalue weighted by molar-refractivity contribution is 6.30. The number of benzene rings is 1. The van der Waals surface area contributed by atoms with Crippen LogP contribution < -0.4 is 0 Å². The van der Waals surface area contributed by atoms with Crippen molar-refractivity contribution < 1.29 is 23.1 Å². The molecular formula is C11H8ClF3N2O2. The first kappa shape index (κ1) is 13.8. The highest BCUT2D eigenvalue weighted by Gasteiger charge is 2.61. The SMILES string of the molecule is O=CN1N=C(c2ccc(Cl)cc2)CC1(O)C(F)(F)F. The Bertz CT molecular complexity index is 530. The lowest BCUT2D eigenvalue weighted by Gasteiger charge is -2.29. The van der Waals surface area contributed by atoms with E-state index in [0.717, 1.165) is 0 Å². The van der Waals surface area contributed by atoms with Gasteiger partial charge in [-0.1, -0.05) is 23.7 Å². The minimum Gasteiger partial charge on any atom is -0.362 e. The van der Waals surface area contributed by atoms with E-state index in [0.29, 0.717) is 10.6 Å². The predicted molar refractivity (Wildman–Crippen MR) is 61.5 cm³/mol. The summed E-state index contributed by atoms with van der Waals surface area (Å²) in [7, 11) is 0. The van der Waals surface area contributed by atoms with E-state index in [9.17, 15) is 23.1 Å². The normalized spacial score (nSPS) is 23.4. The third-order valence-corrected chi connectivity index (χ3v) is 3.00. The van der Waals surface area contributed by atoms with Crippen LogP contribution in [0.2, 0.25) is 5.02 Å². The average molecular weight is 293 g/mol. The zero-order valence-corrected chi connectivity index (χ0v) is 10.1. The van der Waals surface area contributed by atoms with Crippen molar-refractivity contribution in [2.24, 2.45) is 5.10 Å². The van der Waals surface area contributed by atoms with Crippen LogP contribution in [0, 0.1) is 0 Å². The molecule has 0 saturated carbocycles. The molecule has 1 heterocycles. The summed E-state index contributed by atoms with van der Waals surface area (Å²) in [6.07, 6.45) is -5.97. The molecule has 0 radical (unpaired) electrons. The molecule has 0 bridgehead atoms. The fourth-order valence-electron chi connectivity index (χ4n) is 1.71. The molecule has 0 aromatic heterocycles. The Morgan fingerprint density at radius 1 is 1.37 bits per heavy atom. The van der Waals surface area contributed by atoms with Crippen LogP contribution in [0.1, 0.15) is 12.0 Å². The number of nitrogens with zero attached hydrogens (tertiary/aromatic N) is 2. The van der Waals surface area contributed by atoms with Crippen molar-refractivity contribution in [3.05, 3.63) is 34.9 Å². The van der Waals surface area contributed by atoms with Crippen LogP contribution in [0.3, 0.4) is 0 Å². The molecule has 2 rings (SSSR count). The Morgan fingerprint density at radius 2 is 1.95 bits per heavy atom. The summed E-state index contributed by atoms with van der Waals surface area (Å²) in [6.45, 7) is 0. The fraction of sp³-hybridized carbons (Fsp3) is 0.273. The maximum Gasteiger partial charge on any atom is 0.438 e. The molecule has 0 fully saturated rings. The Morgan fingerprint density at radius 3 is 2.37 bits per heavy atom. The lowest BCUT2D eigenvalue weighted by molar-refractivity contribution is -0.299. The lowest BCUT2D eigenvalue weighted by Crippen LogP contribution is -2.54. The highest BCUT2D eigenvalue weighted by Crippen LogP contribution is 2.40. The van der Waals surface area contributed by atoms with E-state index in [4.69, 9.17) is 11.6 Å². The van der Waals surface area contributed by atoms with Gasteiger partial charge in [0.15, 0.2) is 0 Å². The molecule has 8 heteroatoms. The van der Waals surface area contributed by atoms with E-state index < -0.39 is 18.3 Å². The Kier molecular flexibility index (Phi) is 3.27. The van der Waals surface area contributed by atoms with Crippen LogP contribution in [-0.2, 0) is 4.79 Å². The minimum absolute atomic E-state index is 0.0169. The minimum atomic E-state index is -4.99. The zero-order chi connectivity index (χ0) is 14.3. The van der Waals surface area contributed by atoms with E-state index in [2.05, 4.69) is 5.10 Å². The molecular weight excluding hydrogens is 285 g/mol. The third kappa shape index (κ3) is 2.31. The predicted octanol–water partition coefficient (Wildman–Crippen LogP) is 2.16.